The third-order valence-corrected chi connectivity index (χ3v) is 8.22. The molecule has 200 valence electrons. The number of aromatic amines is 2. The minimum absolute atomic E-state index is 0.0704. The SMILES string of the molecule is CC(C)(C)c1cccc2[nH]c(-c3cc(C(C)(C)Cn4ncc5c(C(C)(C)C)cccc54)c4cc[nH]c4c3)cc12. The van der Waals surface area contributed by atoms with Crippen LogP contribution in [0.4, 0.5) is 0 Å². The molecule has 0 aliphatic rings. The molecule has 3 aromatic carbocycles. The fraction of sp³-hybridized carbons (Fsp3) is 0.343. The number of rotatable bonds is 4. The molecular formula is C35H40N4. The van der Waals surface area contributed by atoms with Crippen molar-refractivity contribution in [2.75, 3.05) is 0 Å². The Morgan fingerprint density at radius 3 is 2.10 bits per heavy atom. The molecule has 4 heteroatoms. The van der Waals surface area contributed by atoms with Gasteiger partial charge in [-0.25, -0.2) is 0 Å². The van der Waals surface area contributed by atoms with E-state index in [1.807, 2.05) is 6.20 Å². The van der Waals surface area contributed by atoms with Gasteiger partial charge in [0.25, 0.3) is 0 Å². The summed E-state index contributed by atoms with van der Waals surface area (Å²) < 4.78 is 2.19. The van der Waals surface area contributed by atoms with E-state index in [-0.39, 0.29) is 16.2 Å². The monoisotopic (exact) mass is 516 g/mol. The number of nitrogens with one attached hydrogen (secondary N) is 2. The van der Waals surface area contributed by atoms with Gasteiger partial charge in [0, 0.05) is 50.1 Å². The van der Waals surface area contributed by atoms with E-state index in [1.165, 1.54) is 49.4 Å². The number of aromatic nitrogens is 4. The van der Waals surface area contributed by atoms with Crippen molar-refractivity contribution in [3.05, 3.63) is 89.7 Å². The summed E-state index contributed by atoms with van der Waals surface area (Å²) in [5.74, 6) is 0. The fourth-order valence-electron chi connectivity index (χ4n) is 6.19. The minimum Gasteiger partial charge on any atom is -0.361 e. The van der Waals surface area contributed by atoms with Crippen LogP contribution in [0.15, 0.2) is 73.1 Å². The second-order valence-electron chi connectivity index (χ2n) is 13.8. The van der Waals surface area contributed by atoms with Crippen molar-refractivity contribution in [1.29, 1.82) is 0 Å². The van der Waals surface area contributed by atoms with Gasteiger partial charge in [-0.05, 0) is 63.9 Å². The first-order valence-electron chi connectivity index (χ1n) is 14.0. The zero-order valence-electron chi connectivity index (χ0n) is 24.5. The highest BCUT2D eigenvalue weighted by Crippen LogP contribution is 2.39. The molecule has 0 saturated carbocycles. The lowest BCUT2D eigenvalue weighted by Crippen LogP contribution is -2.25. The van der Waals surface area contributed by atoms with E-state index in [1.54, 1.807) is 0 Å². The Labute approximate surface area is 231 Å². The number of nitrogens with zero attached hydrogens (tertiary/aromatic N) is 2. The predicted octanol–water partition coefficient (Wildman–Crippen LogP) is 9.24. The summed E-state index contributed by atoms with van der Waals surface area (Å²) in [5.41, 5.74) is 9.90. The Kier molecular flexibility index (Phi) is 5.62. The minimum atomic E-state index is -0.157. The molecule has 3 aromatic heterocycles. The molecule has 0 spiro atoms. The first kappa shape index (κ1) is 25.5. The van der Waals surface area contributed by atoms with Gasteiger partial charge < -0.3 is 9.97 Å². The molecule has 39 heavy (non-hydrogen) atoms. The number of H-pyrrole nitrogens is 2. The molecule has 0 radical (unpaired) electrons. The van der Waals surface area contributed by atoms with Gasteiger partial charge in [0.1, 0.15) is 0 Å². The summed E-state index contributed by atoms with van der Waals surface area (Å²) in [6, 6.07) is 22.4. The maximum Gasteiger partial charge on any atom is 0.0685 e. The van der Waals surface area contributed by atoms with Crippen LogP contribution in [0, 0.1) is 0 Å². The molecule has 6 rings (SSSR count). The third kappa shape index (κ3) is 4.36. The third-order valence-electron chi connectivity index (χ3n) is 8.22. The van der Waals surface area contributed by atoms with Crippen LogP contribution in [0.5, 0.6) is 0 Å². The first-order valence-corrected chi connectivity index (χ1v) is 14.0. The summed E-state index contributed by atoms with van der Waals surface area (Å²) in [4.78, 5) is 7.21. The van der Waals surface area contributed by atoms with Gasteiger partial charge in [0.15, 0.2) is 0 Å². The van der Waals surface area contributed by atoms with E-state index in [0.29, 0.717) is 0 Å². The maximum atomic E-state index is 4.89. The molecule has 0 bridgehead atoms. The van der Waals surface area contributed by atoms with Crippen LogP contribution in [0.1, 0.15) is 72.1 Å². The van der Waals surface area contributed by atoms with E-state index >= 15 is 0 Å². The lowest BCUT2D eigenvalue weighted by Gasteiger charge is -2.27. The van der Waals surface area contributed by atoms with Gasteiger partial charge >= 0.3 is 0 Å². The molecule has 0 amide bonds. The Morgan fingerprint density at radius 2 is 1.38 bits per heavy atom. The maximum absolute atomic E-state index is 4.89. The van der Waals surface area contributed by atoms with Crippen LogP contribution in [0.3, 0.4) is 0 Å². The van der Waals surface area contributed by atoms with Crippen molar-refractivity contribution >= 4 is 32.7 Å². The molecule has 0 aliphatic heterocycles. The summed E-state index contributed by atoms with van der Waals surface area (Å²) in [6.45, 7) is 19.1. The van der Waals surface area contributed by atoms with Crippen molar-refractivity contribution in [1.82, 2.24) is 19.7 Å². The van der Waals surface area contributed by atoms with Gasteiger partial charge in [-0.3, -0.25) is 4.68 Å². The van der Waals surface area contributed by atoms with Crippen molar-refractivity contribution in [3.63, 3.8) is 0 Å². The lowest BCUT2D eigenvalue weighted by molar-refractivity contribution is 0.419. The van der Waals surface area contributed by atoms with Gasteiger partial charge in [-0.1, -0.05) is 79.7 Å². The van der Waals surface area contributed by atoms with Crippen LogP contribution in [0.2, 0.25) is 0 Å². The molecular weight excluding hydrogens is 476 g/mol. The molecule has 4 nitrogen and oxygen atoms in total. The summed E-state index contributed by atoms with van der Waals surface area (Å²) >= 11 is 0. The molecule has 3 heterocycles. The summed E-state index contributed by atoms with van der Waals surface area (Å²) in [6.07, 6.45) is 4.10. The predicted molar refractivity (Wildman–Crippen MR) is 166 cm³/mol. The highest BCUT2D eigenvalue weighted by Gasteiger charge is 2.27. The van der Waals surface area contributed by atoms with Crippen LogP contribution in [0.25, 0.3) is 44.0 Å². The Balaban J connectivity index is 1.46. The van der Waals surface area contributed by atoms with Gasteiger partial charge in [0.2, 0.25) is 0 Å². The fourth-order valence-corrected chi connectivity index (χ4v) is 6.19. The summed E-state index contributed by atoms with van der Waals surface area (Å²) in [7, 11) is 0. The number of benzene rings is 3. The van der Waals surface area contributed by atoms with Crippen LogP contribution in [-0.2, 0) is 22.8 Å². The van der Waals surface area contributed by atoms with Crippen molar-refractivity contribution in [2.45, 2.75) is 78.2 Å². The molecule has 2 N–H and O–H groups in total. The van der Waals surface area contributed by atoms with Crippen molar-refractivity contribution < 1.29 is 0 Å². The van der Waals surface area contributed by atoms with Crippen molar-refractivity contribution in [3.8, 4) is 11.3 Å². The second kappa shape index (κ2) is 8.61. The zero-order valence-corrected chi connectivity index (χ0v) is 24.5. The Hall–Kier alpha value is -3.79. The van der Waals surface area contributed by atoms with Gasteiger partial charge in [0.05, 0.1) is 18.3 Å². The van der Waals surface area contributed by atoms with Crippen LogP contribution < -0.4 is 0 Å². The second-order valence-corrected chi connectivity index (χ2v) is 13.8. The average molecular weight is 517 g/mol. The number of hydrogen-bond donors (Lipinski definition) is 2. The van der Waals surface area contributed by atoms with E-state index in [2.05, 4.69) is 137 Å². The molecule has 6 aromatic rings. The topological polar surface area (TPSA) is 49.4 Å². The molecule has 0 atom stereocenters. The Morgan fingerprint density at radius 1 is 0.692 bits per heavy atom. The number of hydrogen-bond acceptors (Lipinski definition) is 1. The van der Waals surface area contributed by atoms with Crippen LogP contribution >= 0.6 is 0 Å². The normalized spacial score (nSPS) is 13.2. The first-order chi connectivity index (χ1) is 18.3. The highest BCUT2D eigenvalue weighted by molar-refractivity contribution is 5.93. The molecule has 0 unspecified atom stereocenters. The summed E-state index contributed by atoms with van der Waals surface area (Å²) in [5, 5.41) is 8.70. The van der Waals surface area contributed by atoms with E-state index in [4.69, 9.17) is 5.10 Å². The lowest BCUT2D eigenvalue weighted by atomic mass is 9.81. The smallest absolute Gasteiger partial charge is 0.0685 e. The standard InChI is InChI=1S/C35H40N4/c1-33(2,3)26-11-9-13-29-24(26)19-30(38-29)22-17-28(23-15-16-36-31(23)18-22)35(7,8)21-39-32-14-10-12-27(34(4,5)6)25(32)20-37-39/h9-20,36,38H,21H2,1-8H3. The van der Waals surface area contributed by atoms with E-state index in [0.717, 1.165) is 17.8 Å². The van der Waals surface area contributed by atoms with E-state index in [9.17, 15) is 0 Å². The molecule has 0 saturated heterocycles. The highest BCUT2D eigenvalue weighted by atomic mass is 15.3. The molecule has 0 aliphatic carbocycles. The van der Waals surface area contributed by atoms with Crippen LogP contribution in [-0.4, -0.2) is 19.7 Å². The number of fused-ring (bicyclic) bond motifs is 3. The molecule has 0 fully saturated rings. The van der Waals surface area contributed by atoms with Gasteiger partial charge in [-0.15, -0.1) is 0 Å². The zero-order chi connectivity index (χ0) is 27.7. The van der Waals surface area contributed by atoms with E-state index < -0.39 is 0 Å². The quantitative estimate of drug-likeness (QED) is 0.241. The largest absolute Gasteiger partial charge is 0.361 e. The van der Waals surface area contributed by atoms with Crippen molar-refractivity contribution in [2.24, 2.45) is 0 Å². The Bertz CT molecular complexity index is 1830. The van der Waals surface area contributed by atoms with Gasteiger partial charge in [-0.2, -0.15) is 5.10 Å². The average Bonchev–Trinajstić information content (AvgIpc) is 3.59.